The normalized spacial score (nSPS) is 19.8. The lowest BCUT2D eigenvalue weighted by Crippen LogP contribution is -2.10. The highest BCUT2D eigenvalue weighted by Gasteiger charge is 2.40. The van der Waals surface area contributed by atoms with E-state index in [9.17, 15) is 22.9 Å². The third kappa shape index (κ3) is 3.23. The fourth-order valence-corrected chi connectivity index (χ4v) is 3.65. The van der Waals surface area contributed by atoms with Crippen LogP contribution in [0, 0.1) is 15.9 Å². The number of hydrogen-bond donors (Lipinski definition) is 1. The van der Waals surface area contributed by atoms with Gasteiger partial charge in [-0.2, -0.15) is 0 Å². The van der Waals surface area contributed by atoms with Crippen LogP contribution in [0.25, 0.3) is 0 Å². The summed E-state index contributed by atoms with van der Waals surface area (Å²) in [5, 5.41) is 14.4. The van der Waals surface area contributed by atoms with Crippen molar-refractivity contribution in [3.05, 3.63) is 64.0 Å². The average Bonchev–Trinajstić information content (AvgIpc) is 3.25. The molecule has 1 aliphatic carbocycles. The van der Waals surface area contributed by atoms with Gasteiger partial charge >= 0.3 is 5.69 Å². The van der Waals surface area contributed by atoms with Gasteiger partial charge in [-0.1, -0.05) is 18.2 Å². The van der Waals surface area contributed by atoms with Crippen molar-refractivity contribution < 1.29 is 17.7 Å². The number of nitrogens with one attached hydrogen (secondary N) is 1. The van der Waals surface area contributed by atoms with Crippen LogP contribution in [0.2, 0.25) is 0 Å². The molecule has 0 aliphatic heterocycles. The number of hydrogen-bond acceptors (Lipinski definition) is 5. The molecule has 126 valence electrons. The van der Waals surface area contributed by atoms with E-state index >= 15 is 0 Å². The minimum absolute atomic E-state index is 0.0437. The second kappa shape index (κ2) is 5.86. The third-order valence-corrected chi connectivity index (χ3v) is 5.12. The molecule has 24 heavy (non-hydrogen) atoms. The van der Waals surface area contributed by atoms with Crippen molar-refractivity contribution in [3.63, 3.8) is 0 Å². The summed E-state index contributed by atoms with van der Waals surface area (Å²) in [6.45, 7) is 0. The molecule has 0 spiro atoms. The zero-order chi connectivity index (χ0) is 17.5. The standard InChI is InChI=1S/C16H15FN2O4S/c1-24(22,23)15-7-3-6-13(16(15)19(20)21)18-14-9-12(14)10-4-2-5-11(17)8-10/h2-8,12,14,18H,9H2,1H3/t12-,14+/m0/s1. The topological polar surface area (TPSA) is 89.3 Å². The van der Waals surface area contributed by atoms with Gasteiger partial charge in [-0.15, -0.1) is 0 Å². The van der Waals surface area contributed by atoms with Crippen LogP contribution in [-0.2, 0) is 9.84 Å². The van der Waals surface area contributed by atoms with Crippen molar-refractivity contribution >= 4 is 21.2 Å². The second-order valence-corrected chi connectivity index (χ2v) is 7.81. The summed E-state index contributed by atoms with van der Waals surface area (Å²) in [5.74, 6) is -0.287. The van der Waals surface area contributed by atoms with Crippen LogP contribution >= 0.6 is 0 Å². The Bertz CT molecular complexity index is 914. The molecular formula is C16H15FN2O4S. The summed E-state index contributed by atoms with van der Waals surface area (Å²) in [7, 11) is -3.72. The molecule has 0 heterocycles. The molecule has 2 aromatic carbocycles. The van der Waals surface area contributed by atoms with Crippen LogP contribution in [0.15, 0.2) is 47.4 Å². The highest BCUT2D eigenvalue weighted by Crippen LogP contribution is 2.44. The van der Waals surface area contributed by atoms with E-state index in [0.717, 1.165) is 11.8 Å². The average molecular weight is 350 g/mol. The fraction of sp³-hybridized carbons (Fsp3) is 0.250. The molecule has 1 saturated carbocycles. The zero-order valence-corrected chi connectivity index (χ0v) is 13.6. The molecule has 0 unspecified atom stereocenters. The minimum atomic E-state index is -3.72. The van der Waals surface area contributed by atoms with E-state index in [1.165, 1.54) is 30.3 Å². The van der Waals surface area contributed by atoms with Crippen LogP contribution in [0.3, 0.4) is 0 Å². The maximum atomic E-state index is 13.3. The van der Waals surface area contributed by atoms with Crippen molar-refractivity contribution in [2.75, 3.05) is 11.6 Å². The van der Waals surface area contributed by atoms with Crippen LogP contribution < -0.4 is 5.32 Å². The van der Waals surface area contributed by atoms with Crippen LogP contribution in [-0.4, -0.2) is 25.6 Å². The van der Waals surface area contributed by atoms with Crippen molar-refractivity contribution in [2.24, 2.45) is 0 Å². The molecule has 1 N–H and O–H groups in total. The van der Waals surface area contributed by atoms with Crippen molar-refractivity contribution in [3.8, 4) is 0 Å². The van der Waals surface area contributed by atoms with Gasteiger partial charge < -0.3 is 5.32 Å². The molecule has 8 heteroatoms. The Kier molecular flexibility index (Phi) is 4.00. The van der Waals surface area contributed by atoms with Crippen LogP contribution in [0.4, 0.5) is 15.8 Å². The summed E-state index contributed by atoms with van der Waals surface area (Å²) in [5.41, 5.74) is 0.520. The fourth-order valence-electron chi connectivity index (χ4n) is 2.79. The minimum Gasteiger partial charge on any atom is -0.376 e. The first-order valence-electron chi connectivity index (χ1n) is 7.27. The number of rotatable bonds is 5. The molecule has 1 aliphatic rings. The van der Waals surface area contributed by atoms with Gasteiger partial charge in [-0.25, -0.2) is 12.8 Å². The number of para-hydroxylation sites is 1. The summed E-state index contributed by atoms with van der Waals surface area (Å²) in [6, 6.07) is 10.3. The molecule has 3 rings (SSSR count). The lowest BCUT2D eigenvalue weighted by Gasteiger charge is -2.09. The molecule has 0 amide bonds. The van der Waals surface area contributed by atoms with Gasteiger partial charge in [-0.05, 0) is 36.2 Å². The van der Waals surface area contributed by atoms with Gasteiger partial charge in [0.15, 0.2) is 9.84 Å². The number of nitro benzene ring substituents is 1. The summed E-state index contributed by atoms with van der Waals surface area (Å²) in [6.07, 6.45) is 1.63. The Balaban J connectivity index is 1.88. The molecular weight excluding hydrogens is 335 g/mol. The molecule has 6 nitrogen and oxygen atoms in total. The van der Waals surface area contributed by atoms with Crippen molar-refractivity contribution in [2.45, 2.75) is 23.3 Å². The molecule has 2 atom stereocenters. The summed E-state index contributed by atoms with van der Waals surface area (Å²) < 4.78 is 36.8. The van der Waals surface area contributed by atoms with E-state index in [4.69, 9.17) is 0 Å². The Morgan fingerprint density at radius 3 is 2.58 bits per heavy atom. The van der Waals surface area contributed by atoms with Crippen LogP contribution in [0.1, 0.15) is 17.9 Å². The third-order valence-electron chi connectivity index (χ3n) is 3.99. The zero-order valence-electron chi connectivity index (χ0n) is 12.8. The Morgan fingerprint density at radius 2 is 1.96 bits per heavy atom. The van der Waals surface area contributed by atoms with Gasteiger partial charge in [0.25, 0.3) is 0 Å². The van der Waals surface area contributed by atoms with E-state index in [-0.39, 0.29) is 28.4 Å². The molecule has 0 aromatic heterocycles. The smallest absolute Gasteiger partial charge is 0.310 e. The predicted octanol–water partition coefficient (Wildman–Crippen LogP) is 3.11. The monoisotopic (exact) mass is 350 g/mol. The maximum Gasteiger partial charge on any atom is 0.310 e. The first-order valence-corrected chi connectivity index (χ1v) is 9.16. The highest BCUT2D eigenvalue weighted by molar-refractivity contribution is 7.90. The quantitative estimate of drug-likeness (QED) is 0.661. The van der Waals surface area contributed by atoms with E-state index in [1.807, 2.05) is 0 Å². The van der Waals surface area contributed by atoms with E-state index in [1.54, 1.807) is 12.1 Å². The number of benzene rings is 2. The number of anilines is 1. The molecule has 0 saturated heterocycles. The molecule has 1 fully saturated rings. The Morgan fingerprint density at radius 1 is 1.25 bits per heavy atom. The molecule has 0 bridgehead atoms. The van der Waals surface area contributed by atoms with Gasteiger partial charge in [0.1, 0.15) is 16.4 Å². The largest absolute Gasteiger partial charge is 0.376 e. The highest BCUT2D eigenvalue weighted by atomic mass is 32.2. The molecule has 0 radical (unpaired) electrons. The lowest BCUT2D eigenvalue weighted by molar-refractivity contribution is -0.386. The summed E-state index contributed by atoms with van der Waals surface area (Å²) in [4.78, 5) is 10.3. The molecule has 2 aromatic rings. The van der Waals surface area contributed by atoms with E-state index < -0.39 is 20.4 Å². The van der Waals surface area contributed by atoms with Gasteiger partial charge in [0.05, 0.1) is 4.92 Å². The number of halogens is 1. The van der Waals surface area contributed by atoms with Crippen molar-refractivity contribution in [1.82, 2.24) is 0 Å². The number of nitrogens with zero attached hydrogens (tertiary/aromatic N) is 1. The SMILES string of the molecule is CS(=O)(=O)c1cccc(N[C@@H]2C[C@H]2c2cccc(F)c2)c1[N+](=O)[O-]. The van der Waals surface area contributed by atoms with E-state index in [2.05, 4.69) is 5.32 Å². The Labute approximate surface area is 138 Å². The number of sulfone groups is 1. The first kappa shape index (κ1) is 16.4. The number of nitro groups is 1. The van der Waals surface area contributed by atoms with Crippen molar-refractivity contribution in [1.29, 1.82) is 0 Å². The van der Waals surface area contributed by atoms with Gasteiger partial charge in [-0.3, -0.25) is 10.1 Å². The summed E-state index contributed by atoms with van der Waals surface area (Å²) >= 11 is 0. The maximum absolute atomic E-state index is 13.3. The predicted molar refractivity (Wildman–Crippen MR) is 87.4 cm³/mol. The van der Waals surface area contributed by atoms with Crippen LogP contribution in [0.5, 0.6) is 0 Å². The van der Waals surface area contributed by atoms with Gasteiger partial charge in [0.2, 0.25) is 0 Å². The van der Waals surface area contributed by atoms with Gasteiger partial charge in [0, 0.05) is 18.2 Å². The lowest BCUT2D eigenvalue weighted by atomic mass is 10.1. The first-order chi connectivity index (χ1) is 11.3. The Hall–Kier alpha value is -2.48. The second-order valence-electron chi connectivity index (χ2n) is 5.83. The van der Waals surface area contributed by atoms with E-state index in [0.29, 0.717) is 6.42 Å².